The van der Waals surface area contributed by atoms with Gasteiger partial charge < -0.3 is 16.0 Å². The van der Waals surface area contributed by atoms with Crippen molar-refractivity contribution in [3.63, 3.8) is 0 Å². The maximum Gasteiger partial charge on any atom is 0.251 e. The molecule has 1 aromatic rings. The first-order valence-electron chi connectivity index (χ1n) is 7.53. The molecule has 122 valence electrons. The number of aryl methyl sites for hydroxylation is 1. The Kier molecular flexibility index (Phi) is 7.91. The maximum absolute atomic E-state index is 11.9. The SMILES string of the molecule is Cc1ccc(C(=O)NCCNC(=O)[C@H]2CCCCN2)cc1.Cl. The summed E-state index contributed by atoms with van der Waals surface area (Å²) in [6, 6.07) is 7.34. The fourth-order valence-corrected chi connectivity index (χ4v) is 2.37. The van der Waals surface area contributed by atoms with Crippen LogP contribution in [-0.4, -0.2) is 37.5 Å². The van der Waals surface area contributed by atoms with Crippen LogP contribution in [0.1, 0.15) is 35.2 Å². The number of benzene rings is 1. The van der Waals surface area contributed by atoms with E-state index in [9.17, 15) is 9.59 Å². The lowest BCUT2D eigenvalue weighted by molar-refractivity contribution is -0.123. The van der Waals surface area contributed by atoms with Crippen LogP contribution in [-0.2, 0) is 4.79 Å². The predicted octanol–water partition coefficient (Wildman–Crippen LogP) is 1.40. The first-order valence-corrected chi connectivity index (χ1v) is 7.53. The minimum atomic E-state index is -0.111. The van der Waals surface area contributed by atoms with Gasteiger partial charge in [-0.1, -0.05) is 24.1 Å². The molecule has 3 N–H and O–H groups in total. The lowest BCUT2D eigenvalue weighted by Crippen LogP contribution is -2.48. The van der Waals surface area contributed by atoms with Crippen LogP contribution in [0.5, 0.6) is 0 Å². The molecule has 1 aliphatic rings. The quantitative estimate of drug-likeness (QED) is 0.717. The van der Waals surface area contributed by atoms with Gasteiger partial charge in [-0.15, -0.1) is 12.4 Å². The van der Waals surface area contributed by atoms with E-state index < -0.39 is 0 Å². The summed E-state index contributed by atoms with van der Waals surface area (Å²) >= 11 is 0. The lowest BCUT2D eigenvalue weighted by Gasteiger charge is -2.22. The minimum Gasteiger partial charge on any atom is -0.353 e. The molecule has 1 heterocycles. The number of rotatable bonds is 5. The van der Waals surface area contributed by atoms with Crippen LogP contribution in [0.4, 0.5) is 0 Å². The van der Waals surface area contributed by atoms with Crippen molar-refractivity contribution in [2.45, 2.75) is 32.2 Å². The highest BCUT2D eigenvalue weighted by Gasteiger charge is 2.19. The van der Waals surface area contributed by atoms with E-state index in [1.54, 1.807) is 12.1 Å². The Hall–Kier alpha value is -1.59. The van der Waals surface area contributed by atoms with E-state index in [4.69, 9.17) is 0 Å². The van der Waals surface area contributed by atoms with Crippen molar-refractivity contribution < 1.29 is 9.59 Å². The van der Waals surface area contributed by atoms with Gasteiger partial charge in [0.1, 0.15) is 0 Å². The molecule has 2 rings (SSSR count). The number of halogens is 1. The molecule has 0 saturated carbocycles. The van der Waals surface area contributed by atoms with Crippen LogP contribution < -0.4 is 16.0 Å². The summed E-state index contributed by atoms with van der Waals surface area (Å²) in [6.45, 7) is 3.78. The van der Waals surface area contributed by atoms with Crippen molar-refractivity contribution in [3.8, 4) is 0 Å². The normalized spacial score (nSPS) is 17.2. The average Bonchev–Trinajstić information content (AvgIpc) is 2.52. The largest absolute Gasteiger partial charge is 0.353 e. The van der Waals surface area contributed by atoms with Crippen molar-refractivity contribution >= 4 is 24.2 Å². The van der Waals surface area contributed by atoms with Crippen LogP contribution in [0.3, 0.4) is 0 Å². The van der Waals surface area contributed by atoms with E-state index in [-0.39, 0.29) is 30.3 Å². The van der Waals surface area contributed by atoms with Crippen LogP contribution in [0.15, 0.2) is 24.3 Å². The molecule has 1 aliphatic heterocycles. The molecule has 0 unspecified atom stereocenters. The fourth-order valence-electron chi connectivity index (χ4n) is 2.37. The van der Waals surface area contributed by atoms with Crippen molar-refractivity contribution in [1.29, 1.82) is 0 Å². The fraction of sp³-hybridized carbons (Fsp3) is 0.500. The van der Waals surface area contributed by atoms with Crippen molar-refractivity contribution in [2.75, 3.05) is 19.6 Å². The molecule has 5 nitrogen and oxygen atoms in total. The topological polar surface area (TPSA) is 70.2 Å². The van der Waals surface area contributed by atoms with E-state index >= 15 is 0 Å². The third-order valence-electron chi connectivity index (χ3n) is 3.65. The molecule has 2 amide bonds. The number of carbonyl (C=O) groups excluding carboxylic acids is 2. The maximum atomic E-state index is 11.9. The van der Waals surface area contributed by atoms with Gasteiger partial charge in [0.25, 0.3) is 5.91 Å². The summed E-state index contributed by atoms with van der Waals surface area (Å²) in [4.78, 5) is 23.7. The standard InChI is InChI=1S/C16H23N3O2.ClH/c1-12-5-7-13(8-6-12)15(20)18-10-11-19-16(21)14-4-2-3-9-17-14;/h5-8,14,17H,2-4,9-11H2,1H3,(H,18,20)(H,19,21);1H/t14-;/m1./s1. The van der Waals surface area contributed by atoms with Gasteiger partial charge >= 0.3 is 0 Å². The predicted molar refractivity (Wildman–Crippen MR) is 89.4 cm³/mol. The summed E-state index contributed by atoms with van der Waals surface area (Å²) in [6.07, 6.45) is 3.12. The number of hydrogen-bond donors (Lipinski definition) is 3. The number of piperidine rings is 1. The molecule has 1 fully saturated rings. The zero-order valence-corrected chi connectivity index (χ0v) is 13.7. The van der Waals surface area contributed by atoms with E-state index in [1.807, 2.05) is 19.1 Å². The molecule has 0 radical (unpaired) electrons. The van der Waals surface area contributed by atoms with Gasteiger partial charge in [-0.05, 0) is 38.4 Å². The Balaban J connectivity index is 0.00000242. The smallest absolute Gasteiger partial charge is 0.251 e. The Morgan fingerprint density at radius 1 is 1.14 bits per heavy atom. The second-order valence-corrected chi connectivity index (χ2v) is 5.42. The molecular weight excluding hydrogens is 302 g/mol. The van der Waals surface area contributed by atoms with Gasteiger partial charge in [0.05, 0.1) is 6.04 Å². The van der Waals surface area contributed by atoms with Gasteiger partial charge in [-0.25, -0.2) is 0 Å². The Morgan fingerprint density at radius 3 is 2.45 bits per heavy atom. The Morgan fingerprint density at radius 2 is 1.82 bits per heavy atom. The summed E-state index contributed by atoms with van der Waals surface area (Å²) < 4.78 is 0. The molecule has 0 aromatic heterocycles. The first kappa shape index (κ1) is 18.5. The van der Waals surface area contributed by atoms with Crippen LogP contribution in [0, 0.1) is 6.92 Å². The van der Waals surface area contributed by atoms with Gasteiger partial charge in [0.15, 0.2) is 0 Å². The first-order chi connectivity index (χ1) is 10.2. The molecule has 22 heavy (non-hydrogen) atoms. The summed E-state index contributed by atoms with van der Waals surface area (Å²) in [5, 5.41) is 8.86. The van der Waals surface area contributed by atoms with Crippen molar-refractivity contribution in [2.24, 2.45) is 0 Å². The van der Waals surface area contributed by atoms with Crippen LogP contribution >= 0.6 is 12.4 Å². The van der Waals surface area contributed by atoms with E-state index in [0.717, 1.165) is 31.4 Å². The average molecular weight is 326 g/mol. The number of amides is 2. The molecule has 1 atom stereocenters. The number of hydrogen-bond acceptors (Lipinski definition) is 3. The van der Waals surface area contributed by atoms with E-state index in [2.05, 4.69) is 16.0 Å². The molecule has 1 saturated heterocycles. The highest BCUT2D eigenvalue weighted by Crippen LogP contribution is 2.06. The molecule has 0 aliphatic carbocycles. The highest BCUT2D eigenvalue weighted by atomic mass is 35.5. The monoisotopic (exact) mass is 325 g/mol. The van der Waals surface area contributed by atoms with Crippen LogP contribution in [0.25, 0.3) is 0 Å². The summed E-state index contributed by atoms with van der Waals surface area (Å²) in [5.41, 5.74) is 1.76. The molecular formula is C16H24ClN3O2. The van der Waals surface area contributed by atoms with Crippen LogP contribution in [0.2, 0.25) is 0 Å². The van der Waals surface area contributed by atoms with Gasteiger partial charge in [-0.3, -0.25) is 9.59 Å². The minimum absolute atomic E-state index is 0. The number of nitrogens with one attached hydrogen (secondary N) is 3. The third kappa shape index (κ3) is 5.66. The zero-order chi connectivity index (χ0) is 15.1. The summed E-state index contributed by atoms with van der Waals surface area (Å²) in [7, 11) is 0. The van der Waals surface area contributed by atoms with Gasteiger partial charge in [-0.2, -0.15) is 0 Å². The van der Waals surface area contributed by atoms with Crippen molar-refractivity contribution in [3.05, 3.63) is 35.4 Å². The third-order valence-corrected chi connectivity index (χ3v) is 3.65. The second-order valence-electron chi connectivity index (χ2n) is 5.42. The zero-order valence-electron chi connectivity index (χ0n) is 12.9. The molecule has 0 spiro atoms. The molecule has 1 aromatic carbocycles. The second kappa shape index (κ2) is 9.43. The molecule has 0 bridgehead atoms. The van der Waals surface area contributed by atoms with Gasteiger partial charge in [0.2, 0.25) is 5.91 Å². The van der Waals surface area contributed by atoms with E-state index in [0.29, 0.717) is 18.7 Å². The van der Waals surface area contributed by atoms with Gasteiger partial charge in [0, 0.05) is 18.7 Å². The Labute approximate surface area is 137 Å². The Bertz CT molecular complexity index is 485. The molecule has 6 heteroatoms. The number of carbonyl (C=O) groups is 2. The lowest BCUT2D eigenvalue weighted by atomic mass is 10.0. The van der Waals surface area contributed by atoms with E-state index in [1.165, 1.54) is 0 Å². The summed E-state index contributed by atoms with van der Waals surface area (Å²) in [5.74, 6) is -0.0840. The van der Waals surface area contributed by atoms with Crippen molar-refractivity contribution in [1.82, 2.24) is 16.0 Å². The highest BCUT2D eigenvalue weighted by molar-refractivity contribution is 5.94.